The molecule has 0 radical (unpaired) electrons. The molecule has 1 aliphatic rings. The first-order valence-corrected chi connectivity index (χ1v) is 6.95. The van der Waals surface area contributed by atoms with Gasteiger partial charge in [-0.1, -0.05) is 24.3 Å². The number of piperidine rings is 1. The molecule has 4 heteroatoms. The standard InChI is InChI=1S/C15H23N3O/c1-12(19)17-15-6-8-18(9-7-15)11-14-5-3-2-4-13(14)10-16/h2-5,15H,6-11,16H2,1H3,(H,17,19). The van der Waals surface area contributed by atoms with E-state index in [0.717, 1.165) is 32.5 Å². The number of nitrogens with zero attached hydrogens (tertiary/aromatic N) is 1. The van der Waals surface area contributed by atoms with Gasteiger partial charge in [-0.25, -0.2) is 0 Å². The number of amides is 1. The van der Waals surface area contributed by atoms with Gasteiger partial charge in [-0.05, 0) is 24.0 Å². The lowest BCUT2D eigenvalue weighted by Crippen LogP contribution is -2.43. The smallest absolute Gasteiger partial charge is 0.217 e. The van der Waals surface area contributed by atoms with Crippen molar-refractivity contribution < 1.29 is 4.79 Å². The minimum atomic E-state index is 0.0759. The van der Waals surface area contributed by atoms with Crippen LogP contribution in [-0.2, 0) is 17.9 Å². The molecule has 0 unspecified atom stereocenters. The molecule has 1 aliphatic heterocycles. The Morgan fingerprint density at radius 2 is 1.95 bits per heavy atom. The SMILES string of the molecule is CC(=O)NC1CCN(Cc2ccccc2CN)CC1. The fourth-order valence-electron chi connectivity index (χ4n) is 2.67. The van der Waals surface area contributed by atoms with Gasteiger partial charge in [0.15, 0.2) is 0 Å². The second kappa shape index (κ2) is 6.68. The molecule has 0 saturated carbocycles. The lowest BCUT2D eigenvalue weighted by Gasteiger charge is -2.32. The van der Waals surface area contributed by atoms with E-state index in [0.29, 0.717) is 12.6 Å². The molecule has 1 saturated heterocycles. The molecule has 1 fully saturated rings. The molecule has 0 aromatic heterocycles. The van der Waals surface area contributed by atoms with Crippen LogP contribution in [0.3, 0.4) is 0 Å². The fraction of sp³-hybridized carbons (Fsp3) is 0.533. The molecule has 1 aromatic carbocycles. The molecule has 0 atom stereocenters. The predicted molar refractivity (Wildman–Crippen MR) is 76.4 cm³/mol. The number of carbonyl (C=O) groups is 1. The maximum atomic E-state index is 11.0. The van der Waals surface area contributed by atoms with Crippen LogP contribution in [0.1, 0.15) is 30.9 Å². The molecule has 0 bridgehead atoms. The van der Waals surface area contributed by atoms with E-state index in [9.17, 15) is 4.79 Å². The Morgan fingerprint density at radius 3 is 2.53 bits per heavy atom. The van der Waals surface area contributed by atoms with Gasteiger partial charge >= 0.3 is 0 Å². The number of nitrogens with two attached hydrogens (primary N) is 1. The number of nitrogens with one attached hydrogen (secondary N) is 1. The molecule has 0 aliphatic carbocycles. The van der Waals surface area contributed by atoms with Crippen LogP contribution in [0, 0.1) is 0 Å². The van der Waals surface area contributed by atoms with E-state index < -0.39 is 0 Å². The van der Waals surface area contributed by atoms with Crippen LogP contribution in [0.25, 0.3) is 0 Å². The van der Waals surface area contributed by atoms with Crippen molar-refractivity contribution in [3.8, 4) is 0 Å². The quantitative estimate of drug-likeness (QED) is 0.857. The minimum Gasteiger partial charge on any atom is -0.354 e. The number of hydrogen-bond acceptors (Lipinski definition) is 3. The Bertz CT molecular complexity index is 425. The lowest BCUT2D eigenvalue weighted by molar-refractivity contribution is -0.119. The Hall–Kier alpha value is -1.39. The topological polar surface area (TPSA) is 58.4 Å². The van der Waals surface area contributed by atoms with Gasteiger partial charge in [0.2, 0.25) is 5.91 Å². The van der Waals surface area contributed by atoms with E-state index in [2.05, 4.69) is 28.4 Å². The fourth-order valence-corrected chi connectivity index (χ4v) is 2.67. The van der Waals surface area contributed by atoms with Gasteiger partial charge in [-0.15, -0.1) is 0 Å². The number of carbonyl (C=O) groups excluding carboxylic acids is 1. The van der Waals surface area contributed by atoms with E-state index >= 15 is 0 Å². The van der Waals surface area contributed by atoms with Crippen LogP contribution in [0.4, 0.5) is 0 Å². The average molecular weight is 261 g/mol. The van der Waals surface area contributed by atoms with Crippen LogP contribution in [0.5, 0.6) is 0 Å². The molecule has 19 heavy (non-hydrogen) atoms. The third-order valence-corrected chi connectivity index (χ3v) is 3.73. The van der Waals surface area contributed by atoms with Crippen molar-refractivity contribution in [2.45, 2.75) is 38.9 Å². The number of rotatable bonds is 4. The first-order valence-electron chi connectivity index (χ1n) is 6.95. The minimum absolute atomic E-state index is 0.0759. The van der Waals surface area contributed by atoms with Crippen LogP contribution < -0.4 is 11.1 Å². The van der Waals surface area contributed by atoms with Crippen LogP contribution in [0.2, 0.25) is 0 Å². The summed E-state index contributed by atoms with van der Waals surface area (Å²) in [6.45, 7) is 5.20. The van der Waals surface area contributed by atoms with E-state index in [1.165, 1.54) is 11.1 Å². The normalized spacial score (nSPS) is 17.4. The van der Waals surface area contributed by atoms with E-state index in [1.807, 2.05) is 6.07 Å². The van der Waals surface area contributed by atoms with Crippen molar-refractivity contribution in [1.29, 1.82) is 0 Å². The van der Waals surface area contributed by atoms with Gasteiger partial charge in [0, 0.05) is 39.1 Å². The maximum absolute atomic E-state index is 11.0. The Morgan fingerprint density at radius 1 is 1.32 bits per heavy atom. The van der Waals surface area contributed by atoms with Gasteiger partial charge < -0.3 is 11.1 Å². The third kappa shape index (κ3) is 4.04. The average Bonchev–Trinajstić information content (AvgIpc) is 2.41. The van der Waals surface area contributed by atoms with Crippen LogP contribution in [0.15, 0.2) is 24.3 Å². The lowest BCUT2D eigenvalue weighted by atomic mass is 10.0. The number of likely N-dealkylation sites (tertiary alicyclic amines) is 1. The third-order valence-electron chi connectivity index (χ3n) is 3.73. The summed E-state index contributed by atoms with van der Waals surface area (Å²) in [4.78, 5) is 13.5. The molecular weight excluding hydrogens is 238 g/mol. The van der Waals surface area contributed by atoms with E-state index in [1.54, 1.807) is 6.92 Å². The Kier molecular flexibility index (Phi) is 4.93. The zero-order valence-corrected chi connectivity index (χ0v) is 11.6. The summed E-state index contributed by atoms with van der Waals surface area (Å²) in [6.07, 6.45) is 2.06. The first-order chi connectivity index (χ1) is 9.19. The molecule has 1 aromatic rings. The monoisotopic (exact) mass is 261 g/mol. The van der Waals surface area contributed by atoms with Crippen molar-refractivity contribution in [1.82, 2.24) is 10.2 Å². The highest BCUT2D eigenvalue weighted by atomic mass is 16.1. The van der Waals surface area contributed by atoms with Crippen LogP contribution >= 0.6 is 0 Å². The highest BCUT2D eigenvalue weighted by Crippen LogP contribution is 2.16. The summed E-state index contributed by atoms with van der Waals surface area (Å²) in [5.41, 5.74) is 8.32. The summed E-state index contributed by atoms with van der Waals surface area (Å²) in [6, 6.07) is 8.70. The van der Waals surface area contributed by atoms with Gasteiger partial charge in [-0.3, -0.25) is 9.69 Å². The van der Waals surface area contributed by atoms with Gasteiger partial charge in [0.1, 0.15) is 0 Å². The molecular formula is C15H23N3O. The molecule has 4 nitrogen and oxygen atoms in total. The van der Waals surface area contributed by atoms with E-state index in [-0.39, 0.29) is 5.91 Å². The van der Waals surface area contributed by atoms with Crippen molar-refractivity contribution in [3.63, 3.8) is 0 Å². The van der Waals surface area contributed by atoms with E-state index in [4.69, 9.17) is 5.73 Å². The predicted octanol–water partition coefficient (Wildman–Crippen LogP) is 1.25. The van der Waals surface area contributed by atoms with Gasteiger partial charge in [-0.2, -0.15) is 0 Å². The van der Waals surface area contributed by atoms with Crippen LogP contribution in [-0.4, -0.2) is 29.9 Å². The summed E-state index contributed by atoms with van der Waals surface area (Å²) < 4.78 is 0. The Labute approximate surface area is 115 Å². The van der Waals surface area contributed by atoms with Gasteiger partial charge in [0.05, 0.1) is 0 Å². The zero-order chi connectivity index (χ0) is 13.7. The highest BCUT2D eigenvalue weighted by Gasteiger charge is 2.20. The molecule has 0 spiro atoms. The van der Waals surface area contributed by atoms with Crippen molar-refractivity contribution in [3.05, 3.63) is 35.4 Å². The molecule has 1 amide bonds. The first kappa shape index (κ1) is 14.0. The highest BCUT2D eigenvalue weighted by molar-refractivity contribution is 5.73. The Balaban J connectivity index is 1.87. The zero-order valence-electron chi connectivity index (χ0n) is 11.6. The second-order valence-corrected chi connectivity index (χ2v) is 5.22. The van der Waals surface area contributed by atoms with Crippen molar-refractivity contribution >= 4 is 5.91 Å². The summed E-state index contributed by atoms with van der Waals surface area (Å²) >= 11 is 0. The summed E-state index contributed by atoms with van der Waals surface area (Å²) in [7, 11) is 0. The largest absolute Gasteiger partial charge is 0.354 e. The van der Waals surface area contributed by atoms with Gasteiger partial charge in [0.25, 0.3) is 0 Å². The molecule has 1 heterocycles. The second-order valence-electron chi connectivity index (χ2n) is 5.22. The van der Waals surface area contributed by atoms with Crippen molar-refractivity contribution in [2.24, 2.45) is 5.73 Å². The molecule has 2 rings (SSSR count). The maximum Gasteiger partial charge on any atom is 0.217 e. The molecule has 104 valence electrons. The molecule has 3 N–H and O–H groups in total. The summed E-state index contributed by atoms with van der Waals surface area (Å²) in [5.74, 6) is 0.0759. The van der Waals surface area contributed by atoms with Crippen molar-refractivity contribution in [2.75, 3.05) is 13.1 Å². The summed E-state index contributed by atoms with van der Waals surface area (Å²) in [5, 5.41) is 3.00. The number of hydrogen-bond donors (Lipinski definition) is 2. The number of benzene rings is 1.